The fourth-order valence-electron chi connectivity index (χ4n) is 2.20. The molecule has 0 amide bonds. The average Bonchev–Trinajstić information content (AvgIpc) is 2.35. The summed E-state index contributed by atoms with van der Waals surface area (Å²) in [6, 6.07) is 0. The molecule has 0 aliphatic carbocycles. The maximum absolute atomic E-state index is 11.5. The molecule has 0 bridgehead atoms. The van der Waals surface area contributed by atoms with Crippen LogP contribution >= 0.6 is 0 Å². The van der Waals surface area contributed by atoms with Crippen LogP contribution < -0.4 is 0 Å². The van der Waals surface area contributed by atoms with E-state index in [0.29, 0.717) is 19.4 Å². The highest BCUT2D eigenvalue weighted by atomic mass is 16.6. The van der Waals surface area contributed by atoms with Crippen molar-refractivity contribution in [1.29, 1.82) is 0 Å². The predicted molar refractivity (Wildman–Crippen MR) is 72.2 cm³/mol. The normalized spacial score (nSPS) is 27.4. The van der Waals surface area contributed by atoms with Crippen LogP contribution in [0.5, 0.6) is 0 Å². The second-order valence-corrected chi connectivity index (χ2v) is 5.48. The summed E-state index contributed by atoms with van der Waals surface area (Å²) in [5, 5.41) is 9.57. The number of carbonyl (C=O) groups is 1. The van der Waals surface area contributed by atoms with Gasteiger partial charge in [-0.3, -0.25) is 4.79 Å². The predicted octanol–water partition coefficient (Wildman–Crippen LogP) is 1.25. The van der Waals surface area contributed by atoms with Crippen LogP contribution in [0.25, 0.3) is 0 Å². The van der Waals surface area contributed by atoms with E-state index in [9.17, 15) is 9.90 Å². The average molecular weight is 290 g/mol. The van der Waals surface area contributed by atoms with E-state index in [1.54, 1.807) is 27.9 Å². The molecule has 1 heterocycles. The molecule has 2 unspecified atom stereocenters. The van der Waals surface area contributed by atoms with Gasteiger partial charge < -0.3 is 24.1 Å². The first-order chi connectivity index (χ1) is 9.34. The number of ether oxygens (including phenoxy) is 4. The van der Waals surface area contributed by atoms with Gasteiger partial charge in [0, 0.05) is 20.0 Å². The van der Waals surface area contributed by atoms with Gasteiger partial charge in [-0.05, 0) is 20.8 Å². The van der Waals surface area contributed by atoms with Gasteiger partial charge in [-0.15, -0.1) is 0 Å². The van der Waals surface area contributed by atoms with Crippen LogP contribution in [0.15, 0.2) is 0 Å². The number of carbonyl (C=O) groups excluding carboxylic acids is 1. The smallest absolute Gasteiger partial charge is 0.308 e. The summed E-state index contributed by atoms with van der Waals surface area (Å²) in [6.07, 6.45) is 1.16. The van der Waals surface area contributed by atoms with Crippen molar-refractivity contribution in [3.8, 4) is 0 Å². The monoisotopic (exact) mass is 290 g/mol. The Balaban J connectivity index is 2.49. The van der Waals surface area contributed by atoms with Crippen molar-refractivity contribution >= 4 is 5.97 Å². The van der Waals surface area contributed by atoms with E-state index in [0.717, 1.165) is 0 Å². The lowest BCUT2D eigenvalue weighted by Crippen LogP contribution is -2.41. The van der Waals surface area contributed by atoms with Crippen molar-refractivity contribution in [1.82, 2.24) is 0 Å². The zero-order valence-electron chi connectivity index (χ0n) is 12.8. The van der Waals surface area contributed by atoms with Gasteiger partial charge >= 0.3 is 5.97 Å². The Morgan fingerprint density at radius 1 is 1.35 bits per heavy atom. The maximum atomic E-state index is 11.5. The molecule has 0 radical (unpaired) electrons. The Labute approximate surface area is 120 Å². The van der Waals surface area contributed by atoms with E-state index < -0.39 is 5.79 Å². The van der Waals surface area contributed by atoms with Crippen LogP contribution in [0.2, 0.25) is 0 Å². The van der Waals surface area contributed by atoms with Crippen molar-refractivity contribution in [2.24, 2.45) is 0 Å². The molecular formula is C14H26O6. The molecule has 1 aliphatic rings. The summed E-state index contributed by atoms with van der Waals surface area (Å²) in [7, 11) is 1.64. The van der Waals surface area contributed by atoms with Crippen molar-refractivity contribution in [2.45, 2.75) is 64.1 Å². The van der Waals surface area contributed by atoms with Crippen LogP contribution in [0.4, 0.5) is 0 Å². The molecule has 0 aromatic carbocycles. The quantitative estimate of drug-likeness (QED) is 0.562. The van der Waals surface area contributed by atoms with Crippen LogP contribution in [-0.2, 0) is 23.7 Å². The van der Waals surface area contributed by atoms with Crippen molar-refractivity contribution in [2.75, 3.05) is 20.3 Å². The molecule has 1 rings (SSSR count). The lowest BCUT2D eigenvalue weighted by atomic mass is 9.99. The first kappa shape index (κ1) is 17.4. The van der Waals surface area contributed by atoms with Gasteiger partial charge in [-0.1, -0.05) is 0 Å². The first-order valence-corrected chi connectivity index (χ1v) is 7.04. The summed E-state index contributed by atoms with van der Waals surface area (Å²) >= 11 is 0. The third kappa shape index (κ3) is 6.65. The SMILES string of the molecule is CCOC(=O)C[C@@H]1CC(OC)CC(COC(C)(C)O)O1. The number of hydrogen-bond donors (Lipinski definition) is 1. The Morgan fingerprint density at radius 3 is 2.55 bits per heavy atom. The highest BCUT2D eigenvalue weighted by molar-refractivity contribution is 5.69. The third-order valence-corrected chi connectivity index (χ3v) is 3.09. The summed E-state index contributed by atoms with van der Waals surface area (Å²) in [6.45, 7) is 5.55. The Hall–Kier alpha value is -0.690. The number of esters is 1. The van der Waals surface area contributed by atoms with Gasteiger partial charge in [0.15, 0.2) is 5.79 Å². The topological polar surface area (TPSA) is 74.2 Å². The van der Waals surface area contributed by atoms with Crippen LogP contribution in [-0.4, -0.2) is 55.5 Å². The number of hydrogen-bond acceptors (Lipinski definition) is 6. The zero-order chi connectivity index (χ0) is 15.2. The molecule has 0 spiro atoms. The number of aliphatic hydroxyl groups is 1. The second kappa shape index (κ2) is 7.93. The van der Waals surface area contributed by atoms with E-state index in [-0.39, 0.29) is 37.3 Å². The molecular weight excluding hydrogens is 264 g/mol. The number of rotatable bonds is 7. The second-order valence-electron chi connectivity index (χ2n) is 5.48. The fourth-order valence-corrected chi connectivity index (χ4v) is 2.20. The van der Waals surface area contributed by atoms with E-state index in [2.05, 4.69) is 0 Å². The van der Waals surface area contributed by atoms with Crippen molar-refractivity contribution in [3.63, 3.8) is 0 Å². The van der Waals surface area contributed by atoms with E-state index in [1.165, 1.54) is 0 Å². The lowest BCUT2D eigenvalue weighted by Gasteiger charge is -2.35. The molecule has 1 saturated heterocycles. The van der Waals surface area contributed by atoms with E-state index >= 15 is 0 Å². The molecule has 1 aliphatic heterocycles. The van der Waals surface area contributed by atoms with E-state index in [4.69, 9.17) is 18.9 Å². The van der Waals surface area contributed by atoms with Crippen molar-refractivity contribution in [3.05, 3.63) is 0 Å². The van der Waals surface area contributed by atoms with Crippen LogP contribution in [0, 0.1) is 0 Å². The minimum atomic E-state index is -1.19. The van der Waals surface area contributed by atoms with Crippen LogP contribution in [0.1, 0.15) is 40.0 Å². The van der Waals surface area contributed by atoms with Gasteiger partial charge in [-0.25, -0.2) is 0 Å². The third-order valence-electron chi connectivity index (χ3n) is 3.09. The molecule has 118 valence electrons. The standard InChI is InChI=1S/C14H26O6/c1-5-18-13(15)8-11-6-10(17-4)7-12(20-11)9-19-14(2,3)16/h10-12,16H,5-9H2,1-4H3/t10?,11-,12?/m0/s1. The molecule has 6 heteroatoms. The zero-order valence-corrected chi connectivity index (χ0v) is 12.8. The van der Waals surface area contributed by atoms with Gasteiger partial charge in [0.05, 0.1) is 37.9 Å². The minimum Gasteiger partial charge on any atom is -0.466 e. The highest BCUT2D eigenvalue weighted by Crippen LogP contribution is 2.25. The Kier molecular flexibility index (Phi) is 6.88. The molecule has 0 aromatic heterocycles. The highest BCUT2D eigenvalue weighted by Gasteiger charge is 2.32. The lowest BCUT2D eigenvalue weighted by molar-refractivity contribution is -0.213. The van der Waals surface area contributed by atoms with Gasteiger partial charge in [0.25, 0.3) is 0 Å². The van der Waals surface area contributed by atoms with Gasteiger partial charge in [0.1, 0.15) is 0 Å². The molecule has 20 heavy (non-hydrogen) atoms. The molecule has 1 N–H and O–H groups in total. The van der Waals surface area contributed by atoms with Crippen molar-refractivity contribution < 1.29 is 28.8 Å². The van der Waals surface area contributed by atoms with Gasteiger partial charge in [0.2, 0.25) is 0 Å². The van der Waals surface area contributed by atoms with E-state index in [1.807, 2.05) is 0 Å². The molecule has 1 fully saturated rings. The summed E-state index contributed by atoms with van der Waals surface area (Å²) < 4.78 is 21.4. The minimum absolute atomic E-state index is 0.0265. The summed E-state index contributed by atoms with van der Waals surface area (Å²) in [5.41, 5.74) is 0. The summed E-state index contributed by atoms with van der Waals surface area (Å²) in [5.74, 6) is -1.46. The summed E-state index contributed by atoms with van der Waals surface area (Å²) in [4.78, 5) is 11.5. The Morgan fingerprint density at radius 2 is 2.00 bits per heavy atom. The Bertz CT molecular complexity index is 299. The largest absolute Gasteiger partial charge is 0.466 e. The fraction of sp³-hybridized carbons (Fsp3) is 0.929. The van der Waals surface area contributed by atoms with Gasteiger partial charge in [-0.2, -0.15) is 0 Å². The molecule has 0 aromatic rings. The number of methoxy groups -OCH3 is 1. The van der Waals surface area contributed by atoms with Crippen LogP contribution in [0.3, 0.4) is 0 Å². The molecule has 3 atom stereocenters. The molecule has 0 saturated carbocycles. The first-order valence-electron chi connectivity index (χ1n) is 7.04. The molecule has 6 nitrogen and oxygen atoms in total. The maximum Gasteiger partial charge on any atom is 0.308 e.